The molecule has 20 heavy (non-hydrogen) atoms. The van der Waals surface area contributed by atoms with Crippen molar-refractivity contribution in [2.24, 2.45) is 0 Å². The molecule has 0 aliphatic heterocycles. The van der Waals surface area contributed by atoms with E-state index in [9.17, 15) is 4.79 Å². The highest BCUT2D eigenvalue weighted by Gasteiger charge is 2.18. The van der Waals surface area contributed by atoms with Gasteiger partial charge < -0.3 is 5.11 Å². The van der Waals surface area contributed by atoms with Gasteiger partial charge in [0.1, 0.15) is 6.04 Å². The molecule has 6 heteroatoms. The van der Waals surface area contributed by atoms with E-state index in [0.717, 1.165) is 22.4 Å². The van der Waals surface area contributed by atoms with Crippen LogP contribution < -0.4 is 0 Å². The van der Waals surface area contributed by atoms with Crippen LogP contribution in [0.1, 0.15) is 18.3 Å². The zero-order valence-electron chi connectivity index (χ0n) is 11.7. The number of nitrogens with zero attached hydrogens (tertiary/aromatic N) is 3. The van der Waals surface area contributed by atoms with Crippen molar-refractivity contribution in [3.8, 4) is 0 Å². The van der Waals surface area contributed by atoms with Crippen LogP contribution in [0, 0.1) is 6.92 Å². The van der Waals surface area contributed by atoms with Crippen LogP contribution in [-0.2, 0) is 11.3 Å². The van der Waals surface area contributed by atoms with E-state index in [1.165, 1.54) is 0 Å². The van der Waals surface area contributed by atoms with Gasteiger partial charge in [-0.3, -0.25) is 9.69 Å². The summed E-state index contributed by atoms with van der Waals surface area (Å²) in [7, 11) is 1.77. The second-order valence-electron chi connectivity index (χ2n) is 4.67. The maximum Gasteiger partial charge on any atom is 0.320 e. The lowest BCUT2D eigenvalue weighted by molar-refractivity contribution is -0.142. The number of carboxylic acids is 1. The molecular formula is C14H18ClN3O2. The van der Waals surface area contributed by atoms with Gasteiger partial charge >= 0.3 is 5.97 Å². The van der Waals surface area contributed by atoms with Gasteiger partial charge in [0.15, 0.2) is 0 Å². The van der Waals surface area contributed by atoms with Crippen LogP contribution >= 0.6 is 12.4 Å². The molecule has 0 bridgehead atoms. The fourth-order valence-corrected chi connectivity index (χ4v) is 1.84. The van der Waals surface area contributed by atoms with Gasteiger partial charge in [0.05, 0.1) is 22.4 Å². The van der Waals surface area contributed by atoms with Crippen LogP contribution in [-0.4, -0.2) is 39.0 Å². The fraction of sp³-hybridized carbons (Fsp3) is 0.357. The number of hydrogen-bond donors (Lipinski definition) is 1. The summed E-state index contributed by atoms with van der Waals surface area (Å²) in [6.45, 7) is 4.03. The third kappa shape index (κ3) is 3.43. The molecule has 0 fully saturated rings. The first-order chi connectivity index (χ1) is 8.99. The third-order valence-electron chi connectivity index (χ3n) is 3.26. The molecule has 0 amide bonds. The summed E-state index contributed by atoms with van der Waals surface area (Å²) >= 11 is 0. The molecule has 1 N–H and O–H groups in total. The second kappa shape index (κ2) is 6.63. The largest absolute Gasteiger partial charge is 0.480 e. The van der Waals surface area contributed by atoms with E-state index < -0.39 is 12.0 Å². The second-order valence-corrected chi connectivity index (χ2v) is 4.67. The maximum absolute atomic E-state index is 11.0. The summed E-state index contributed by atoms with van der Waals surface area (Å²) in [4.78, 5) is 21.8. The summed E-state index contributed by atoms with van der Waals surface area (Å²) < 4.78 is 0. The zero-order chi connectivity index (χ0) is 14.0. The molecule has 0 spiro atoms. The SMILES string of the molecule is Cc1nc2ccccc2nc1CN(C)C(C)C(=O)O.Cl. The first kappa shape index (κ1) is 16.3. The first-order valence-corrected chi connectivity index (χ1v) is 6.14. The molecule has 2 rings (SSSR count). The Morgan fingerprint density at radius 2 is 1.85 bits per heavy atom. The highest BCUT2D eigenvalue weighted by molar-refractivity contribution is 5.85. The van der Waals surface area contributed by atoms with Crippen molar-refractivity contribution in [1.82, 2.24) is 14.9 Å². The highest BCUT2D eigenvalue weighted by atomic mass is 35.5. The Morgan fingerprint density at radius 1 is 1.30 bits per heavy atom. The topological polar surface area (TPSA) is 66.3 Å². The number of aryl methyl sites for hydroxylation is 1. The molecule has 1 aromatic heterocycles. The standard InChI is InChI=1S/C14H17N3O2.ClH/c1-9-13(8-17(3)10(2)14(18)19)16-12-7-5-4-6-11(12)15-9;/h4-7,10H,8H2,1-3H3,(H,18,19);1H. The molecule has 0 saturated heterocycles. The van der Waals surface area contributed by atoms with Crippen molar-refractivity contribution in [2.75, 3.05) is 7.05 Å². The van der Waals surface area contributed by atoms with Gasteiger partial charge in [-0.25, -0.2) is 9.97 Å². The van der Waals surface area contributed by atoms with Gasteiger partial charge in [0.2, 0.25) is 0 Å². The normalized spacial score (nSPS) is 12.2. The average molecular weight is 296 g/mol. The molecule has 2 aromatic rings. The summed E-state index contributed by atoms with van der Waals surface area (Å²) in [5.41, 5.74) is 3.34. The molecule has 1 unspecified atom stereocenters. The van der Waals surface area contributed by atoms with Crippen LogP contribution in [0.5, 0.6) is 0 Å². The van der Waals surface area contributed by atoms with Crippen LogP contribution in [0.3, 0.4) is 0 Å². The lowest BCUT2D eigenvalue weighted by Gasteiger charge is -2.21. The number of carbonyl (C=O) groups is 1. The molecule has 0 aliphatic rings. The molecule has 1 aromatic carbocycles. The lowest BCUT2D eigenvalue weighted by atomic mass is 10.2. The number of halogens is 1. The zero-order valence-corrected chi connectivity index (χ0v) is 12.5. The van der Waals surface area contributed by atoms with E-state index in [1.54, 1.807) is 18.9 Å². The van der Waals surface area contributed by atoms with Gasteiger partial charge in [0.25, 0.3) is 0 Å². The number of aromatic nitrogens is 2. The van der Waals surface area contributed by atoms with E-state index in [-0.39, 0.29) is 12.4 Å². The number of likely N-dealkylation sites (N-methyl/N-ethyl adjacent to an activating group) is 1. The summed E-state index contributed by atoms with van der Waals surface area (Å²) in [5.74, 6) is -0.839. The number of aliphatic carboxylic acids is 1. The van der Waals surface area contributed by atoms with Gasteiger partial charge in [-0.2, -0.15) is 0 Å². The minimum Gasteiger partial charge on any atom is -0.480 e. The highest BCUT2D eigenvalue weighted by Crippen LogP contribution is 2.14. The number of fused-ring (bicyclic) bond motifs is 1. The van der Waals surface area contributed by atoms with E-state index in [4.69, 9.17) is 5.11 Å². The molecule has 1 heterocycles. The third-order valence-corrected chi connectivity index (χ3v) is 3.26. The number of para-hydroxylation sites is 2. The van der Waals surface area contributed by atoms with Gasteiger partial charge in [0, 0.05) is 6.54 Å². The quantitative estimate of drug-likeness (QED) is 0.937. The Morgan fingerprint density at radius 3 is 2.40 bits per heavy atom. The molecule has 0 saturated carbocycles. The Labute approximate surface area is 124 Å². The van der Waals surface area contributed by atoms with Crippen molar-refractivity contribution in [3.05, 3.63) is 35.7 Å². The lowest BCUT2D eigenvalue weighted by Crippen LogP contribution is -2.35. The average Bonchev–Trinajstić information content (AvgIpc) is 2.38. The smallest absolute Gasteiger partial charge is 0.320 e. The Bertz CT molecular complexity index is 618. The monoisotopic (exact) mass is 295 g/mol. The van der Waals surface area contributed by atoms with Gasteiger partial charge in [-0.1, -0.05) is 12.1 Å². The van der Waals surface area contributed by atoms with Crippen molar-refractivity contribution in [3.63, 3.8) is 0 Å². The molecule has 0 radical (unpaired) electrons. The van der Waals surface area contributed by atoms with Crippen LogP contribution in [0.2, 0.25) is 0 Å². The Balaban J connectivity index is 0.00000200. The van der Waals surface area contributed by atoms with E-state index in [0.29, 0.717) is 6.54 Å². The predicted molar refractivity (Wildman–Crippen MR) is 80.1 cm³/mol. The van der Waals surface area contributed by atoms with Gasteiger partial charge in [-0.05, 0) is 33.0 Å². The minimum atomic E-state index is -0.839. The summed E-state index contributed by atoms with van der Waals surface area (Å²) in [6.07, 6.45) is 0. The van der Waals surface area contributed by atoms with Crippen LogP contribution in [0.25, 0.3) is 11.0 Å². The van der Waals surface area contributed by atoms with E-state index in [1.807, 2.05) is 31.2 Å². The predicted octanol–water partition coefficient (Wildman–Crippen LogP) is 2.26. The number of hydrogen-bond acceptors (Lipinski definition) is 4. The van der Waals surface area contributed by atoms with Crippen molar-refractivity contribution < 1.29 is 9.90 Å². The number of rotatable bonds is 4. The summed E-state index contributed by atoms with van der Waals surface area (Å²) in [6, 6.07) is 7.12. The Hall–Kier alpha value is -1.72. The van der Waals surface area contributed by atoms with E-state index in [2.05, 4.69) is 9.97 Å². The van der Waals surface area contributed by atoms with Crippen LogP contribution in [0.15, 0.2) is 24.3 Å². The molecule has 0 aliphatic carbocycles. The van der Waals surface area contributed by atoms with Crippen molar-refractivity contribution in [2.45, 2.75) is 26.4 Å². The fourth-order valence-electron chi connectivity index (χ4n) is 1.84. The Kier molecular flexibility index (Phi) is 5.42. The number of carboxylic acid groups (broad SMARTS) is 1. The van der Waals surface area contributed by atoms with Crippen LogP contribution in [0.4, 0.5) is 0 Å². The minimum absolute atomic E-state index is 0. The van der Waals surface area contributed by atoms with Crippen molar-refractivity contribution in [1.29, 1.82) is 0 Å². The summed E-state index contributed by atoms with van der Waals surface area (Å²) in [5, 5.41) is 8.99. The molecule has 108 valence electrons. The maximum atomic E-state index is 11.0. The first-order valence-electron chi connectivity index (χ1n) is 6.14. The van der Waals surface area contributed by atoms with E-state index >= 15 is 0 Å². The van der Waals surface area contributed by atoms with Crippen molar-refractivity contribution >= 4 is 29.4 Å². The molecular weight excluding hydrogens is 278 g/mol. The molecule has 1 atom stereocenters. The number of benzene rings is 1. The van der Waals surface area contributed by atoms with Gasteiger partial charge in [-0.15, -0.1) is 12.4 Å². The molecule has 5 nitrogen and oxygen atoms in total.